The molecule has 1 amide bonds. The normalized spacial score (nSPS) is 12.0. The van der Waals surface area contributed by atoms with E-state index in [1.165, 1.54) is 0 Å². The van der Waals surface area contributed by atoms with Crippen molar-refractivity contribution < 1.29 is 4.79 Å². The fourth-order valence-corrected chi connectivity index (χ4v) is 4.14. The predicted molar refractivity (Wildman–Crippen MR) is 106 cm³/mol. The van der Waals surface area contributed by atoms with E-state index in [0.717, 1.165) is 33.1 Å². The van der Waals surface area contributed by atoms with Crippen LogP contribution in [0.4, 0.5) is 0 Å². The lowest BCUT2D eigenvalue weighted by Crippen LogP contribution is -2.31. The number of aromatic nitrogens is 2. The Bertz CT molecular complexity index is 887. The SMILES string of the molecule is CC[C@H](c1cccnc1)N(C)C(=O)c1ccc(-c2sc(C)nc2C)cc1. The molecule has 3 aromatic rings. The molecule has 0 unspecified atom stereocenters. The lowest BCUT2D eigenvalue weighted by atomic mass is 10.0. The molecule has 0 saturated carbocycles. The van der Waals surface area contributed by atoms with Gasteiger partial charge in [-0.15, -0.1) is 11.3 Å². The van der Waals surface area contributed by atoms with Crippen LogP contribution in [0.5, 0.6) is 0 Å². The van der Waals surface area contributed by atoms with E-state index in [0.29, 0.717) is 5.56 Å². The molecule has 0 saturated heterocycles. The van der Waals surface area contributed by atoms with E-state index in [-0.39, 0.29) is 11.9 Å². The highest BCUT2D eigenvalue weighted by Gasteiger charge is 2.21. The second-order valence-corrected chi connectivity index (χ2v) is 7.55. The van der Waals surface area contributed by atoms with Crippen LogP contribution >= 0.6 is 11.3 Å². The number of aryl methyl sites for hydroxylation is 2. The van der Waals surface area contributed by atoms with Gasteiger partial charge in [0.2, 0.25) is 0 Å². The van der Waals surface area contributed by atoms with Gasteiger partial charge in [0.15, 0.2) is 0 Å². The quantitative estimate of drug-likeness (QED) is 0.636. The zero-order valence-electron chi connectivity index (χ0n) is 15.6. The highest BCUT2D eigenvalue weighted by Crippen LogP contribution is 2.30. The topological polar surface area (TPSA) is 46.1 Å². The average molecular weight is 366 g/mol. The first-order valence-corrected chi connectivity index (χ1v) is 9.54. The van der Waals surface area contributed by atoms with Crippen molar-refractivity contribution in [1.29, 1.82) is 0 Å². The highest BCUT2D eigenvalue weighted by molar-refractivity contribution is 7.15. The van der Waals surface area contributed by atoms with Crippen LogP contribution in [-0.2, 0) is 0 Å². The Hall–Kier alpha value is -2.53. The van der Waals surface area contributed by atoms with Crippen molar-refractivity contribution in [3.63, 3.8) is 0 Å². The first kappa shape index (κ1) is 18.3. The first-order chi connectivity index (χ1) is 12.5. The van der Waals surface area contributed by atoms with E-state index < -0.39 is 0 Å². The van der Waals surface area contributed by atoms with Gasteiger partial charge in [0, 0.05) is 25.0 Å². The zero-order chi connectivity index (χ0) is 18.7. The molecule has 0 spiro atoms. The lowest BCUT2D eigenvalue weighted by Gasteiger charge is -2.27. The van der Waals surface area contributed by atoms with E-state index in [2.05, 4.69) is 16.9 Å². The summed E-state index contributed by atoms with van der Waals surface area (Å²) in [5.74, 6) is 0.0180. The number of hydrogen-bond acceptors (Lipinski definition) is 4. The largest absolute Gasteiger partial charge is 0.335 e. The fourth-order valence-electron chi connectivity index (χ4n) is 3.21. The third-order valence-corrected chi connectivity index (χ3v) is 5.66. The Morgan fingerprint density at radius 2 is 1.92 bits per heavy atom. The number of amides is 1. The first-order valence-electron chi connectivity index (χ1n) is 8.72. The van der Waals surface area contributed by atoms with Gasteiger partial charge in [-0.2, -0.15) is 0 Å². The molecular weight excluding hydrogens is 342 g/mol. The molecular formula is C21H23N3OS. The van der Waals surface area contributed by atoms with Gasteiger partial charge in [-0.05, 0) is 49.6 Å². The van der Waals surface area contributed by atoms with Gasteiger partial charge < -0.3 is 4.90 Å². The number of carbonyl (C=O) groups excluding carboxylic acids is 1. The molecule has 0 N–H and O–H groups in total. The Balaban J connectivity index is 1.82. The molecule has 5 heteroatoms. The van der Waals surface area contributed by atoms with Crippen molar-refractivity contribution in [3.8, 4) is 10.4 Å². The minimum absolute atomic E-state index is 0.0160. The van der Waals surface area contributed by atoms with Crippen LogP contribution in [0.2, 0.25) is 0 Å². The Morgan fingerprint density at radius 3 is 2.46 bits per heavy atom. The van der Waals surface area contributed by atoms with Crippen LogP contribution in [0.15, 0.2) is 48.8 Å². The predicted octanol–water partition coefficient (Wildman–Crippen LogP) is 5.05. The third kappa shape index (κ3) is 3.68. The molecule has 2 heterocycles. The van der Waals surface area contributed by atoms with E-state index in [1.54, 1.807) is 22.4 Å². The number of nitrogens with zero attached hydrogens (tertiary/aromatic N) is 3. The molecule has 0 bridgehead atoms. The molecule has 0 aliphatic heterocycles. The Labute approximate surface area is 158 Å². The molecule has 134 valence electrons. The van der Waals surface area contributed by atoms with Crippen LogP contribution in [0.1, 0.15) is 46.0 Å². The van der Waals surface area contributed by atoms with Crippen LogP contribution in [-0.4, -0.2) is 27.8 Å². The summed E-state index contributed by atoms with van der Waals surface area (Å²) in [5.41, 5.74) is 3.88. The van der Waals surface area contributed by atoms with E-state index in [1.807, 2.05) is 63.5 Å². The van der Waals surface area contributed by atoms with Gasteiger partial charge in [0.1, 0.15) is 0 Å². The zero-order valence-corrected chi connectivity index (χ0v) is 16.4. The summed E-state index contributed by atoms with van der Waals surface area (Å²) in [6.45, 7) is 6.11. The van der Waals surface area contributed by atoms with Gasteiger partial charge in [0.05, 0.1) is 21.6 Å². The van der Waals surface area contributed by atoms with Gasteiger partial charge in [-0.1, -0.05) is 25.1 Å². The van der Waals surface area contributed by atoms with Gasteiger partial charge >= 0.3 is 0 Å². The van der Waals surface area contributed by atoms with Crippen molar-refractivity contribution in [2.75, 3.05) is 7.05 Å². The number of thiazole rings is 1. The molecule has 0 radical (unpaired) electrons. The second-order valence-electron chi connectivity index (χ2n) is 6.35. The van der Waals surface area contributed by atoms with Crippen molar-refractivity contribution in [2.24, 2.45) is 0 Å². The summed E-state index contributed by atoms with van der Waals surface area (Å²) in [7, 11) is 1.86. The van der Waals surface area contributed by atoms with E-state index in [4.69, 9.17) is 0 Å². The maximum absolute atomic E-state index is 12.9. The molecule has 4 nitrogen and oxygen atoms in total. The summed E-state index contributed by atoms with van der Waals surface area (Å²) in [5, 5.41) is 1.06. The summed E-state index contributed by atoms with van der Waals surface area (Å²) in [4.78, 5) is 24.6. The standard InChI is InChI=1S/C21H23N3OS/c1-5-19(18-7-6-12-22-13-18)24(4)21(25)17-10-8-16(9-11-17)20-14(2)23-15(3)26-20/h6-13,19H,5H2,1-4H3/t19-/m1/s1. The molecule has 26 heavy (non-hydrogen) atoms. The Kier molecular flexibility index (Phi) is 5.47. The van der Waals surface area contributed by atoms with Crippen molar-refractivity contribution >= 4 is 17.2 Å². The van der Waals surface area contributed by atoms with Crippen molar-refractivity contribution in [3.05, 3.63) is 70.6 Å². The second kappa shape index (κ2) is 7.79. The number of benzene rings is 1. The monoisotopic (exact) mass is 365 g/mol. The van der Waals surface area contributed by atoms with Crippen molar-refractivity contribution in [2.45, 2.75) is 33.2 Å². The van der Waals surface area contributed by atoms with Crippen molar-refractivity contribution in [1.82, 2.24) is 14.9 Å². The fraction of sp³-hybridized carbons (Fsp3) is 0.286. The number of carbonyl (C=O) groups is 1. The number of rotatable bonds is 5. The van der Waals surface area contributed by atoms with E-state index in [9.17, 15) is 4.79 Å². The molecule has 3 rings (SSSR count). The number of hydrogen-bond donors (Lipinski definition) is 0. The van der Waals surface area contributed by atoms with Crippen LogP contribution in [0, 0.1) is 13.8 Å². The number of pyridine rings is 1. The summed E-state index contributed by atoms with van der Waals surface area (Å²) in [6, 6.07) is 11.8. The van der Waals surface area contributed by atoms with Crippen LogP contribution < -0.4 is 0 Å². The molecule has 1 atom stereocenters. The van der Waals surface area contributed by atoms with E-state index >= 15 is 0 Å². The Morgan fingerprint density at radius 1 is 1.19 bits per heavy atom. The highest BCUT2D eigenvalue weighted by atomic mass is 32.1. The smallest absolute Gasteiger partial charge is 0.254 e. The molecule has 2 aromatic heterocycles. The maximum atomic E-state index is 12.9. The molecule has 0 fully saturated rings. The van der Waals surface area contributed by atoms with Gasteiger partial charge in [-0.3, -0.25) is 9.78 Å². The third-order valence-electron chi connectivity index (χ3n) is 4.54. The molecule has 1 aromatic carbocycles. The minimum Gasteiger partial charge on any atom is -0.335 e. The van der Waals surface area contributed by atoms with Crippen LogP contribution in [0.25, 0.3) is 10.4 Å². The maximum Gasteiger partial charge on any atom is 0.254 e. The molecule has 0 aliphatic rings. The minimum atomic E-state index is 0.0160. The van der Waals surface area contributed by atoms with Gasteiger partial charge in [0.25, 0.3) is 5.91 Å². The average Bonchev–Trinajstić information content (AvgIpc) is 3.01. The summed E-state index contributed by atoms with van der Waals surface area (Å²) in [6.07, 6.45) is 4.42. The summed E-state index contributed by atoms with van der Waals surface area (Å²) >= 11 is 1.68. The van der Waals surface area contributed by atoms with Crippen LogP contribution in [0.3, 0.4) is 0 Å². The summed E-state index contributed by atoms with van der Waals surface area (Å²) < 4.78 is 0. The van der Waals surface area contributed by atoms with Gasteiger partial charge in [-0.25, -0.2) is 4.98 Å². The lowest BCUT2D eigenvalue weighted by molar-refractivity contribution is 0.0726. The molecule has 0 aliphatic carbocycles.